The molecule has 3 rings (SSSR count). The molecule has 6 heteroatoms. The molecule has 1 saturated carbocycles. The van der Waals surface area contributed by atoms with E-state index in [0.717, 1.165) is 12.5 Å². The van der Waals surface area contributed by atoms with Crippen LogP contribution in [0.5, 0.6) is 0 Å². The van der Waals surface area contributed by atoms with Crippen LogP contribution in [0, 0.1) is 0 Å². The first-order chi connectivity index (χ1) is 11.5. The standard InChI is InChI=1S/C18H18N2O4/c19-13(18(23)24)6-11-7-15(17(22)9-16(11)21)20-14-8-12(14)10-4-2-1-3-5-10/h1-5,7,9,12-14,21H,6,8,19H2,(H,23,24)/t12-,13+,14+/m1/s1. The van der Waals surface area contributed by atoms with Crippen LogP contribution in [0.25, 0.3) is 0 Å². The Balaban J connectivity index is 1.76. The van der Waals surface area contributed by atoms with Gasteiger partial charge in [0.15, 0.2) is 0 Å². The minimum atomic E-state index is -1.16. The van der Waals surface area contributed by atoms with Gasteiger partial charge in [-0.3, -0.25) is 14.6 Å². The summed E-state index contributed by atoms with van der Waals surface area (Å²) in [4.78, 5) is 27.3. The first-order valence-electron chi connectivity index (χ1n) is 7.72. The lowest BCUT2D eigenvalue weighted by atomic mass is 9.97. The number of nitrogens with two attached hydrogens (primary N) is 1. The van der Waals surface area contributed by atoms with Crippen molar-refractivity contribution in [3.8, 4) is 0 Å². The molecule has 2 aliphatic rings. The Labute approximate surface area is 139 Å². The van der Waals surface area contributed by atoms with Crippen LogP contribution in [-0.2, 0) is 9.59 Å². The Morgan fingerprint density at radius 2 is 2.00 bits per heavy atom. The lowest BCUT2D eigenvalue weighted by Gasteiger charge is -2.14. The molecule has 0 aromatic heterocycles. The van der Waals surface area contributed by atoms with Gasteiger partial charge in [0.2, 0.25) is 5.78 Å². The molecule has 0 unspecified atom stereocenters. The number of aliphatic carboxylic acids is 1. The minimum absolute atomic E-state index is 0.0330. The highest BCUT2D eigenvalue weighted by Crippen LogP contribution is 2.43. The Morgan fingerprint density at radius 1 is 1.29 bits per heavy atom. The highest BCUT2D eigenvalue weighted by Gasteiger charge is 2.39. The molecule has 124 valence electrons. The van der Waals surface area contributed by atoms with Crippen molar-refractivity contribution in [2.75, 3.05) is 0 Å². The summed E-state index contributed by atoms with van der Waals surface area (Å²) in [6.45, 7) is 0. The van der Waals surface area contributed by atoms with Gasteiger partial charge < -0.3 is 15.9 Å². The van der Waals surface area contributed by atoms with Crippen molar-refractivity contribution in [1.82, 2.24) is 0 Å². The quantitative estimate of drug-likeness (QED) is 0.713. The van der Waals surface area contributed by atoms with Crippen LogP contribution < -0.4 is 5.73 Å². The Hall–Kier alpha value is -2.73. The number of aliphatic imine (C=N–C) groups is 1. The number of allylic oxidation sites excluding steroid dienone is 3. The zero-order valence-electron chi connectivity index (χ0n) is 12.9. The first kappa shape index (κ1) is 16.1. The number of benzene rings is 1. The van der Waals surface area contributed by atoms with Gasteiger partial charge in [0.1, 0.15) is 17.5 Å². The van der Waals surface area contributed by atoms with Crippen molar-refractivity contribution < 1.29 is 19.8 Å². The van der Waals surface area contributed by atoms with Gasteiger partial charge in [-0.05, 0) is 23.6 Å². The molecule has 24 heavy (non-hydrogen) atoms. The summed E-state index contributed by atoms with van der Waals surface area (Å²) in [5, 5.41) is 18.7. The molecule has 1 aromatic carbocycles. The smallest absolute Gasteiger partial charge is 0.320 e. The van der Waals surface area contributed by atoms with E-state index in [2.05, 4.69) is 4.99 Å². The molecule has 0 saturated heterocycles. The number of carbonyl (C=O) groups is 2. The van der Waals surface area contributed by atoms with Crippen LogP contribution in [0.15, 0.2) is 58.8 Å². The molecule has 0 amide bonds. The third-order valence-electron chi connectivity index (χ3n) is 4.21. The predicted octanol–water partition coefficient (Wildman–Crippen LogP) is 1.74. The van der Waals surface area contributed by atoms with Gasteiger partial charge >= 0.3 is 5.97 Å². The van der Waals surface area contributed by atoms with Gasteiger partial charge in [-0.2, -0.15) is 0 Å². The molecule has 1 fully saturated rings. The molecule has 0 spiro atoms. The zero-order valence-corrected chi connectivity index (χ0v) is 12.9. The van der Waals surface area contributed by atoms with Crippen LogP contribution in [0.4, 0.5) is 0 Å². The lowest BCUT2D eigenvalue weighted by Crippen LogP contribution is -2.31. The minimum Gasteiger partial charge on any atom is -0.508 e. The number of hydrogen-bond donors (Lipinski definition) is 3. The first-order valence-corrected chi connectivity index (χ1v) is 7.72. The van der Waals surface area contributed by atoms with Crippen LogP contribution in [0.2, 0.25) is 0 Å². The van der Waals surface area contributed by atoms with Crippen LogP contribution in [0.3, 0.4) is 0 Å². The molecule has 1 aromatic rings. The number of nitrogens with zero attached hydrogens (tertiary/aromatic N) is 1. The highest BCUT2D eigenvalue weighted by molar-refractivity contribution is 6.49. The summed E-state index contributed by atoms with van der Waals surface area (Å²) in [5.41, 5.74) is 7.24. The maximum Gasteiger partial charge on any atom is 0.320 e. The number of carboxylic acids is 1. The Bertz CT molecular complexity index is 764. The maximum absolute atomic E-state index is 12.0. The van der Waals surface area contributed by atoms with Gasteiger partial charge in [-0.15, -0.1) is 0 Å². The summed E-state index contributed by atoms with van der Waals surface area (Å²) in [7, 11) is 0. The second-order valence-corrected chi connectivity index (χ2v) is 6.05. The molecule has 6 nitrogen and oxygen atoms in total. The second-order valence-electron chi connectivity index (χ2n) is 6.05. The Kier molecular flexibility index (Phi) is 4.31. The normalized spacial score (nSPS) is 25.9. The molecule has 4 N–H and O–H groups in total. The van der Waals surface area contributed by atoms with Crippen molar-refractivity contribution in [1.29, 1.82) is 0 Å². The molecule has 0 radical (unpaired) electrons. The number of hydrogen-bond acceptors (Lipinski definition) is 5. The monoisotopic (exact) mass is 326 g/mol. The summed E-state index contributed by atoms with van der Waals surface area (Å²) >= 11 is 0. The number of rotatable bonds is 5. The average Bonchev–Trinajstić information content (AvgIpc) is 3.32. The van der Waals surface area contributed by atoms with Gasteiger partial charge in [0, 0.05) is 18.4 Å². The van der Waals surface area contributed by atoms with E-state index in [1.807, 2.05) is 30.3 Å². The zero-order chi connectivity index (χ0) is 17.3. The molecular formula is C18H18N2O4. The maximum atomic E-state index is 12.0. The number of aliphatic hydroxyl groups is 1. The second kappa shape index (κ2) is 6.41. The van der Waals surface area contributed by atoms with Crippen LogP contribution in [-0.4, -0.2) is 39.8 Å². The van der Waals surface area contributed by atoms with E-state index in [1.165, 1.54) is 11.6 Å². The summed E-state index contributed by atoms with van der Waals surface area (Å²) in [6.07, 6.45) is 3.33. The third kappa shape index (κ3) is 3.44. The number of aliphatic hydroxyl groups excluding tert-OH is 1. The van der Waals surface area contributed by atoms with Gasteiger partial charge in [0.25, 0.3) is 0 Å². The number of carboxylic acid groups (broad SMARTS) is 1. The molecular weight excluding hydrogens is 308 g/mol. The van der Waals surface area contributed by atoms with E-state index in [0.29, 0.717) is 11.5 Å². The van der Waals surface area contributed by atoms with Crippen LogP contribution >= 0.6 is 0 Å². The van der Waals surface area contributed by atoms with Crippen molar-refractivity contribution >= 4 is 17.5 Å². The summed E-state index contributed by atoms with van der Waals surface area (Å²) < 4.78 is 0. The lowest BCUT2D eigenvalue weighted by molar-refractivity contribution is -0.138. The topological polar surface area (TPSA) is 113 Å². The Morgan fingerprint density at radius 3 is 2.67 bits per heavy atom. The fourth-order valence-corrected chi connectivity index (χ4v) is 2.75. The van der Waals surface area contributed by atoms with Crippen molar-refractivity contribution in [2.45, 2.75) is 30.8 Å². The molecule has 2 aliphatic carbocycles. The average molecular weight is 326 g/mol. The molecule has 0 bridgehead atoms. The molecule has 0 heterocycles. The highest BCUT2D eigenvalue weighted by atomic mass is 16.4. The summed E-state index contributed by atoms with van der Waals surface area (Å²) in [6, 6.07) is 8.85. The van der Waals surface area contributed by atoms with Crippen molar-refractivity contribution in [3.05, 3.63) is 59.4 Å². The fourth-order valence-electron chi connectivity index (χ4n) is 2.75. The van der Waals surface area contributed by atoms with E-state index in [4.69, 9.17) is 10.8 Å². The van der Waals surface area contributed by atoms with E-state index in [-0.39, 0.29) is 29.7 Å². The molecule has 3 atom stereocenters. The van der Waals surface area contributed by atoms with Gasteiger partial charge in [-0.25, -0.2) is 0 Å². The van der Waals surface area contributed by atoms with Crippen molar-refractivity contribution in [3.63, 3.8) is 0 Å². The van der Waals surface area contributed by atoms with E-state index in [9.17, 15) is 14.7 Å². The van der Waals surface area contributed by atoms with Crippen LogP contribution in [0.1, 0.15) is 24.3 Å². The fraction of sp³-hybridized carbons (Fsp3) is 0.278. The third-order valence-corrected chi connectivity index (χ3v) is 4.21. The number of ketones is 1. The van der Waals surface area contributed by atoms with E-state index < -0.39 is 12.0 Å². The molecule has 0 aliphatic heterocycles. The predicted molar refractivity (Wildman–Crippen MR) is 89.1 cm³/mol. The van der Waals surface area contributed by atoms with E-state index >= 15 is 0 Å². The summed E-state index contributed by atoms with van der Waals surface area (Å²) in [5.74, 6) is -1.49. The van der Waals surface area contributed by atoms with Gasteiger partial charge in [-0.1, -0.05) is 30.3 Å². The van der Waals surface area contributed by atoms with Gasteiger partial charge in [0.05, 0.1) is 6.04 Å². The van der Waals surface area contributed by atoms with Crippen molar-refractivity contribution in [2.24, 2.45) is 10.7 Å². The SMILES string of the molecule is N[C@@H](CC1=CC(=N[C@H]2C[C@@H]2c2ccccc2)C(=O)C=C1O)C(=O)O. The van der Waals surface area contributed by atoms with E-state index in [1.54, 1.807) is 0 Å². The largest absolute Gasteiger partial charge is 0.508 e. The number of carbonyl (C=O) groups excluding carboxylic acids is 1.